The third kappa shape index (κ3) is 9.69. The van der Waals surface area contributed by atoms with Crippen LogP contribution >= 0.6 is 0 Å². The van der Waals surface area contributed by atoms with Gasteiger partial charge in [0, 0.05) is 36.5 Å². The SMILES string of the molecule is CCc1cc(O)cc(COc2c(O[C@@H]3O[C@H](C(=O)O)[C@]4(O)[C@@H](C5=NC=NC5)C(Cc5cccc(NC[C@H](C)O)c5)=C[C@@]3(O)[C@@H]4O)cc3c(c2O)C(O)=CC(c2ccc(OCCC4=NC(=N)C=C4)cc2)O3)c1. The number of hydrogen-bond donors (Lipinski definition) is 10. The van der Waals surface area contributed by atoms with E-state index in [2.05, 4.69) is 20.3 Å². The van der Waals surface area contributed by atoms with Crippen LogP contribution < -0.4 is 24.3 Å². The van der Waals surface area contributed by atoms with Gasteiger partial charge in [-0.15, -0.1) is 0 Å². The molecular weight excluding hydrogens is 919 g/mol. The van der Waals surface area contributed by atoms with E-state index in [0.717, 1.165) is 11.3 Å². The van der Waals surface area contributed by atoms with Crippen molar-refractivity contribution in [1.82, 2.24) is 0 Å². The molecule has 0 saturated carbocycles. The first-order chi connectivity index (χ1) is 34.0. The van der Waals surface area contributed by atoms with Crippen LogP contribution in [-0.2, 0) is 29.0 Å². The number of fused-ring (bicyclic) bond motifs is 3. The highest BCUT2D eigenvalue weighted by atomic mass is 16.7. The van der Waals surface area contributed by atoms with Gasteiger partial charge < -0.3 is 69.9 Å². The molecule has 1 saturated heterocycles. The Morgan fingerprint density at radius 1 is 1.00 bits per heavy atom. The van der Waals surface area contributed by atoms with Crippen LogP contribution in [0.25, 0.3) is 5.76 Å². The summed E-state index contributed by atoms with van der Waals surface area (Å²) in [5.74, 6) is -4.39. The first kappa shape index (κ1) is 48.5. The number of nitrogens with zero attached hydrogens (tertiary/aromatic N) is 3. The molecule has 0 spiro atoms. The van der Waals surface area contributed by atoms with Crippen LogP contribution in [0.5, 0.6) is 34.5 Å². The number of aliphatic carboxylic acids is 1. The van der Waals surface area contributed by atoms with E-state index in [1.165, 1.54) is 30.6 Å². The second kappa shape index (κ2) is 19.7. The zero-order valence-electron chi connectivity index (χ0n) is 38.6. The molecule has 0 aromatic heterocycles. The van der Waals surface area contributed by atoms with Gasteiger partial charge in [-0.1, -0.05) is 42.8 Å². The zero-order chi connectivity index (χ0) is 50.2. The standard InChI is InChI=1S/C52H53N5O14/c1-3-28-15-30(19-35(59)18-28)25-68-46-41(21-40-43(45(46)61)38(60)20-39(69-40)31-7-10-36(11-8-31)67-14-13-33-9-12-42(53)57-33)70-50-51(65)22-32(16-29-5-4-6-34(17-29)55-23-27(2)58)44(37-24-54-26-56-37)52(66,49(51)64)47(71-50)48(62)63/h4-12,15,17-22,26-27,39,44,47,49-50,53,55,58-61,64-66H,3,13-14,16,23-25H2,1-2H3,(H,62,63)/t27-,39?,44+,47+,49-,50+,51+,52+/m0/s1. The molecule has 9 rings (SSSR count). The van der Waals surface area contributed by atoms with Gasteiger partial charge in [0.05, 0.1) is 30.9 Å². The van der Waals surface area contributed by atoms with E-state index in [9.17, 15) is 45.6 Å². The maximum Gasteiger partial charge on any atom is 0.336 e. The van der Waals surface area contributed by atoms with Crippen LogP contribution in [-0.4, -0.2) is 126 Å². The molecule has 1 unspecified atom stereocenters. The maximum atomic E-state index is 13.3. The topological polar surface area (TPSA) is 298 Å². The van der Waals surface area contributed by atoms with Crippen molar-refractivity contribution in [2.75, 3.05) is 25.0 Å². The lowest BCUT2D eigenvalue weighted by Crippen LogP contribution is -2.79. The summed E-state index contributed by atoms with van der Waals surface area (Å²) in [6.45, 7) is 3.76. The number of carbonyl (C=O) groups is 1. The van der Waals surface area contributed by atoms with Gasteiger partial charge in [0.15, 0.2) is 23.2 Å². The fourth-order valence-electron chi connectivity index (χ4n) is 9.48. The van der Waals surface area contributed by atoms with Gasteiger partial charge in [0.2, 0.25) is 12.0 Å². The van der Waals surface area contributed by atoms with E-state index < -0.39 is 76.8 Å². The largest absolute Gasteiger partial charge is 0.508 e. The minimum absolute atomic E-state index is 0.00439. The number of aromatic hydroxyl groups is 2. The van der Waals surface area contributed by atoms with Crippen molar-refractivity contribution in [2.24, 2.45) is 20.9 Å². The summed E-state index contributed by atoms with van der Waals surface area (Å²) in [5, 5.41) is 103. The van der Waals surface area contributed by atoms with E-state index in [1.807, 2.05) is 6.92 Å². The van der Waals surface area contributed by atoms with Crippen LogP contribution in [0, 0.1) is 11.3 Å². The van der Waals surface area contributed by atoms with E-state index in [4.69, 9.17) is 29.1 Å². The third-order valence-electron chi connectivity index (χ3n) is 12.8. The summed E-state index contributed by atoms with van der Waals surface area (Å²) >= 11 is 0. The molecule has 0 amide bonds. The van der Waals surface area contributed by atoms with E-state index in [1.54, 1.807) is 79.7 Å². The van der Waals surface area contributed by atoms with Crippen LogP contribution in [0.4, 0.5) is 5.69 Å². The zero-order valence-corrected chi connectivity index (χ0v) is 38.6. The number of rotatable bonds is 18. The molecule has 19 nitrogen and oxygen atoms in total. The normalized spacial score (nSPS) is 25.5. The Morgan fingerprint density at radius 2 is 1.79 bits per heavy atom. The van der Waals surface area contributed by atoms with Gasteiger partial charge in [0.25, 0.3) is 0 Å². The average Bonchev–Trinajstić information content (AvgIpc) is 4.02. The van der Waals surface area contributed by atoms with Crippen molar-refractivity contribution < 1.29 is 69.3 Å². The Kier molecular flexibility index (Phi) is 13.4. The fourth-order valence-corrected chi connectivity index (χ4v) is 9.48. The van der Waals surface area contributed by atoms with E-state index >= 15 is 0 Å². The number of phenols is 2. The molecule has 4 heterocycles. The Balaban J connectivity index is 1.09. The minimum Gasteiger partial charge on any atom is -0.508 e. The molecule has 5 aliphatic rings. The lowest BCUT2D eigenvalue weighted by atomic mass is 9.60. The number of benzene rings is 4. The summed E-state index contributed by atoms with van der Waals surface area (Å²) in [6.07, 6.45) is 0.0191. The molecule has 4 aromatic carbocycles. The van der Waals surface area contributed by atoms with Crippen LogP contribution in [0.3, 0.4) is 0 Å². The summed E-state index contributed by atoms with van der Waals surface area (Å²) in [7, 11) is 0. The van der Waals surface area contributed by atoms with Crippen molar-refractivity contribution in [1.29, 1.82) is 5.41 Å². The highest BCUT2D eigenvalue weighted by molar-refractivity contribution is 6.14. The highest BCUT2D eigenvalue weighted by Gasteiger charge is 2.71. The number of allylic oxidation sites excluding steroid dienone is 1. The number of aliphatic hydroxyl groups excluding tert-OH is 3. The molecule has 2 bridgehead atoms. The van der Waals surface area contributed by atoms with Crippen LogP contribution in [0.15, 0.2) is 118 Å². The smallest absolute Gasteiger partial charge is 0.336 e. The second-order valence-corrected chi connectivity index (χ2v) is 18.0. The molecule has 370 valence electrons. The lowest BCUT2D eigenvalue weighted by Gasteiger charge is -2.57. The van der Waals surface area contributed by atoms with Crippen molar-refractivity contribution in [3.8, 4) is 34.5 Å². The van der Waals surface area contributed by atoms with Crippen molar-refractivity contribution in [3.63, 3.8) is 0 Å². The molecule has 1 fully saturated rings. The van der Waals surface area contributed by atoms with Crippen LogP contribution in [0.1, 0.15) is 54.2 Å². The lowest BCUT2D eigenvalue weighted by molar-refractivity contribution is -0.338. The Labute approximate surface area is 407 Å². The molecule has 1 aliphatic carbocycles. The Hall–Kier alpha value is -7.55. The number of aliphatic imine (C=N–C) groups is 3. The summed E-state index contributed by atoms with van der Waals surface area (Å²) < 4.78 is 30.9. The van der Waals surface area contributed by atoms with Gasteiger partial charge in [-0.2, -0.15) is 0 Å². The van der Waals surface area contributed by atoms with Gasteiger partial charge in [0.1, 0.15) is 65.2 Å². The number of aliphatic hydroxyl groups is 5. The number of ether oxygens (including phenoxy) is 5. The van der Waals surface area contributed by atoms with Crippen molar-refractivity contribution in [3.05, 3.63) is 130 Å². The number of carboxylic acid groups (broad SMARTS) is 1. The third-order valence-corrected chi connectivity index (χ3v) is 12.8. The average molecular weight is 972 g/mol. The first-order valence-electron chi connectivity index (χ1n) is 23.0. The second-order valence-electron chi connectivity index (χ2n) is 18.0. The predicted octanol–water partition coefficient (Wildman–Crippen LogP) is 5.11. The molecule has 71 heavy (non-hydrogen) atoms. The number of phenolic OH excluding ortho intramolecular Hbond substituents is 2. The Morgan fingerprint density at radius 3 is 2.49 bits per heavy atom. The number of nitrogens with one attached hydrogen (secondary N) is 2. The number of aryl methyl sites for hydroxylation is 1. The number of hydrogen-bond acceptors (Lipinski definition) is 17. The van der Waals surface area contributed by atoms with Gasteiger partial charge in [-0.3, -0.25) is 10.4 Å². The number of anilines is 1. The van der Waals surface area contributed by atoms with Crippen LogP contribution in [0.2, 0.25) is 0 Å². The van der Waals surface area contributed by atoms with Gasteiger partial charge in [-0.25, -0.2) is 14.8 Å². The maximum absolute atomic E-state index is 13.3. The van der Waals surface area contributed by atoms with Gasteiger partial charge >= 0.3 is 5.97 Å². The summed E-state index contributed by atoms with van der Waals surface area (Å²) in [5.41, 5.74) is -1.35. The molecule has 8 atom stereocenters. The van der Waals surface area contributed by atoms with E-state index in [0.29, 0.717) is 47.6 Å². The minimum atomic E-state index is -2.76. The van der Waals surface area contributed by atoms with Gasteiger partial charge in [-0.05, 0) is 96.6 Å². The number of carboxylic acids is 1. The van der Waals surface area contributed by atoms with E-state index in [-0.39, 0.29) is 60.3 Å². The quantitative estimate of drug-likeness (QED) is 0.0580. The molecule has 10 N–H and O–H groups in total. The Bertz CT molecular complexity index is 2930. The predicted molar refractivity (Wildman–Crippen MR) is 260 cm³/mol. The first-order valence-corrected chi connectivity index (χ1v) is 23.0. The monoisotopic (exact) mass is 971 g/mol. The summed E-state index contributed by atoms with van der Waals surface area (Å²) in [6, 6.07) is 20.0. The molecule has 4 aromatic rings. The molecule has 0 radical (unpaired) electrons. The molecular formula is C52H53N5O14. The van der Waals surface area contributed by atoms with Crippen molar-refractivity contribution in [2.45, 2.75) is 81.6 Å². The number of amidine groups is 1. The summed E-state index contributed by atoms with van der Waals surface area (Å²) in [4.78, 5) is 25.9. The highest BCUT2D eigenvalue weighted by Crippen LogP contribution is 2.54. The van der Waals surface area contributed by atoms with Crippen molar-refractivity contribution >= 4 is 41.0 Å². The molecule has 19 heteroatoms. The fraction of sp³-hybridized carbons (Fsp3) is 0.327. The molecule has 4 aliphatic heterocycles.